The van der Waals surface area contributed by atoms with E-state index in [2.05, 4.69) is 31.1 Å². The molecule has 1 aromatic carbocycles. The van der Waals surface area contributed by atoms with Crippen molar-refractivity contribution in [2.24, 2.45) is 14.0 Å². The third-order valence-corrected chi connectivity index (χ3v) is 5.49. The van der Waals surface area contributed by atoms with Crippen LogP contribution in [0.5, 0.6) is 5.75 Å². The Labute approximate surface area is 198 Å². The fourth-order valence-electron chi connectivity index (χ4n) is 3.88. The molecule has 3 heterocycles. The zero-order valence-electron chi connectivity index (χ0n) is 21.1. The standard InChI is InChI=1S/C23H21N7O4/c1-13(18(15-9-25-29(2)11-15)17-7-5-4-6-14(17)8-24)21-28-19(20(31)23(33)30(21)3)22(32)27-16-10-26-34-12-16/h4-7,9-13,18,31H,1-3H3,(H,27,32)/t13-,18+/m0/s1/i2D3. The molecule has 3 aromatic heterocycles. The molecule has 11 nitrogen and oxygen atoms in total. The van der Waals surface area contributed by atoms with Crippen LogP contribution in [0.4, 0.5) is 5.69 Å². The maximum Gasteiger partial charge on any atom is 0.296 e. The van der Waals surface area contributed by atoms with Crippen molar-refractivity contribution in [3.63, 3.8) is 0 Å². The summed E-state index contributed by atoms with van der Waals surface area (Å²) in [5, 5.41) is 30.1. The van der Waals surface area contributed by atoms with Gasteiger partial charge in [0.2, 0.25) is 5.75 Å². The lowest BCUT2D eigenvalue weighted by Gasteiger charge is -2.26. The number of hydrogen-bond acceptors (Lipinski definition) is 8. The normalized spacial score (nSPS) is 14.3. The molecule has 0 aliphatic rings. The number of aromatic hydroxyl groups is 1. The van der Waals surface area contributed by atoms with Crippen LogP contribution >= 0.6 is 0 Å². The first-order chi connectivity index (χ1) is 17.5. The molecule has 0 radical (unpaired) electrons. The van der Waals surface area contributed by atoms with E-state index in [0.717, 1.165) is 15.5 Å². The molecule has 0 fully saturated rings. The summed E-state index contributed by atoms with van der Waals surface area (Å²) in [5.41, 5.74) is 0.133. The van der Waals surface area contributed by atoms with E-state index in [9.17, 15) is 20.0 Å². The van der Waals surface area contributed by atoms with Gasteiger partial charge in [0.1, 0.15) is 17.8 Å². The number of aryl methyl sites for hydroxylation is 1. The molecule has 0 spiro atoms. The smallest absolute Gasteiger partial charge is 0.296 e. The van der Waals surface area contributed by atoms with Gasteiger partial charge in [-0.3, -0.25) is 18.8 Å². The maximum atomic E-state index is 12.9. The SMILES string of the molecule is [2H]C([2H])([2H])n1cc([C@H](c2ccccc2C#N)[C@H](C)c2nc(C(=O)Nc3cnoc3)c(O)c(=O)n2C)cn1. The molecule has 1 amide bonds. The largest absolute Gasteiger partial charge is 0.501 e. The van der Waals surface area contributed by atoms with Gasteiger partial charge in [0.05, 0.1) is 24.0 Å². The Balaban J connectivity index is 1.87. The molecule has 0 saturated heterocycles. The fraction of sp³-hybridized carbons (Fsp3) is 0.217. The van der Waals surface area contributed by atoms with Crippen molar-refractivity contribution in [1.82, 2.24) is 24.5 Å². The summed E-state index contributed by atoms with van der Waals surface area (Å²) < 4.78 is 29.6. The molecule has 4 aromatic rings. The van der Waals surface area contributed by atoms with E-state index in [-0.39, 0.29) is 11.5 Å². The number of aromatic nitrogens is 5. The molecule has 2 atom stereocenters. The average Bonchev–Trinajstić information content (AvgIpc) is 3.55. The number of carbonyl (C=O) groups excluding carboxylic acids is 1. The number of benzene rings is 1. The van der Waals surface area contributed by atoms with E-state index in [1.807, 2.05) is 0 Å². The monoisotopic (exact) mass is 462 g/mol. The number of nitrogens with zero attached hydrogens (tertiary/aromatic N) is 6. The van der Waals surface area contributed by atoms with Crippen molar-refractivity contribution in [3.05, 3.63) is 87.7 Å². The van der Waals surface area contributed by atoms with Crippen molar-refractivity contribution >= 4 is 11.6 Å². The Kier molecular flexibility index (Phi) is 5.00. The van der Waals surface area contributed by atoms with Crippen LogP contribution in [0.3, 0.4) is 0 Å². The van der Waals surface area contributed by atoms with Crippen molar-refractivity contribution in [2.75, 3.05) is 5.32 Å². The summed E-state index contributed by atoms with van der Waals surface area (Å²) in [6.07, 6.45) is 5.12. The first-order valence-corrected chi connectivity index (χ1v) is 10.1. The van der Waals surface area contributed by atoms with Gasteiger partial charge in [-0.05, 0) is 17.2 Å². The van der Waals surface area contributed by atoms with E-state index in [0.29, 0.717) is 16.7 Å². The zero-order valence-corrected chi connectivity index (χ0v) is 18.1. The fourth-order valence-corrected chi connectivity index (χ4v) is 3.88. The Morgan fingerprint density at radius 3 is 2.82 bits per heavy atom. The number of anilines is 1. The lowest BCUT2D eigenvalue weighted by molar-refractivity contribution is 0.101. The van der Waals surface area contributed by atoms with Crippen LogP contribution in [0, 0.1) is 11.3 Å². The van der Waals surface area contributed by atoms with Gasteiger partial charge < -0.3 is 14.9 Å². The molecule has 4 rings (SSSR count). The number of carbonyl (C=O) groups is 1. The van der Waals surface area contributed by atoms with Gasteiger partial charge in [-0.15, -0.1) is 0 Å². The number of hydrogen-bond donors (Lipinski definition) is 2. The van der Waals surface area contributed by atoms with E-state index in [1.165, 1.54) is 25.6 Å². The Morgan fingerprint density at radius 2 is 2.15 bits per heavy atom. The van der Waals surface area contributed by atoms with E-state index < -0.39 is 41.7 Å². The van der Waals surface area contributed by atoms with Crippen LogP contribution in [0.2, 0.25) is 0 Å². The first-order valence-electron chi connectivity index (χ1n) is 11.6. The van der Waals surface area contributed by atoms with Crippen LogP contribution in [-0.4, -0.2) is 35.5 Å². The number of amides is 1. The minimum atomic E-state index is -2.53. The van der Waals surface area contributed by atoms with Crippen molar-refractivity contribution in [2.45, 2.75) is 18.8 Å². The van der Waals surface area contributed by atoms with Crippen LogP contribution < -0.4 is 10.9 Å². The topological polar surface area (TPSA) is 152 Å². The second-order valence-corrected chi connectivity index (χ2v) is 7.58. The van der Waals surface area contributed by atoms with Gasteiger partial charge >= 0.3 is 0 Å². The summed E-state index contributed by atoms with van der Waals surface area (Å²) in [5.74, 6) is -2.99. The molecule has 0 bridgehead atoms. The quantitative estimate of drug-likeness (QED) is 0.443. The maximum absolute atomic E-state index is 12.9. The van der Waals surface area contributed by atoms with Gasteiger partial charge in [-0.2, -0.15) is 10.4 Å². The lowest BCUT2D eigenvalue weighted by atomic mass is 9.80. The van der Waals surface area contributed by atoms with Crippen molar-refractivity contribution in [1.29, 1.82) is 5.26 Å². The Bertz CT molecular complexity index is 1550. The molecular weight excluding hydrogens is 438 g/mol. The molecule has 0 saturated carbocycles. The first kappa shape index (κ1) is 18.8. The second-order valence-electron chi connectivity index (χ2n) is 7.58. The highest BCUT2D eigenvalue weighted by Crippen LogP contribution is 2.38. The third kappa shape index (κ3) is 4.04. The Morgan fingerprint density at radius 1 is 1.35 bits per heavy atom. The van der Waals surface area contributed by atoms with Gasteiger partial charge in [-0.1, -0.05) is 30.3 Å². The highest BCUT2D eigenvalue weighted by molar-refractivity contribution is 6.04. The van der Waals surface area contributed by atoms with Crippen molar-refractivity contribution < 1.29 is 18.5 Å². The summed E-state index contributed by atoms with van der Waals surface area (Å²) in [7, 11) is 1.39. The molecule has 0 unspecified atom stereocenters. The number of rotatable bonds is 6. The van der Waals surface area contributed by atoms with Gasteiger partial charge in [0, 0.05) is 36.2 Å². The zero-order chi connectivity index (χ0) is 26.9. The van der Waals surface area contributed by atoms with Gasteiger partial charge in [0.25, 0.3) is 11.5 Å². The van der Waals surface area contributed by atoms with Crippen LogP contribution in [-0.2, 0) is 14.0 Å². The molecule has 172 valence electrons. The van der Waals surface area contributed by atoms with E-state index >= 15 is 0 Å². The predicted octanol–water partition coefficient (Wildman–Crippen LogP) is 2.27. The van der Waals surface area contributed by atoms with Crippen LogP contribution in [0.15, 0.2) is 58.4 Å². The molecule has 0 aliphatic carbocycles. The molecule has 2 N–H and O–H groups in total. The molecule has 11 heteroatoms. The van der Waals surface area contributed by atoms with Crippen LogP contribution in [0.1, 0.15) is 55.9 Å². The third-order valence-electron chi connectivity index (χ3n) is 5.49. The Hall–Kier alpha value is -4.72. The van der Waals surface area contributed by atoms with Gasteiger partial charge in [0.15, 0.2) is 5.69 Å². The molecule has 34 heavy (non-hydrogen) atoms. The van der Waals surface area contributed by atoms with E-state index in [4.69, 9.17) is 4.11 Å². The highest BCUT2D eigenvalue weighted by atomic mass is 16.5. The number of nitriles is 1. The second kappa shape index (κ2) is 9.03. The molecular formula is C23H21N7O4. The minimum Gasteiger partial charge on any atom is -0.501 e. The van der Waals surface area contributed by atoms with Crippen molar-refractivity contribution in [3.8, 4) is 11.8 Å². The summed E-state index contributed by atoms with van der Waals surface area (Å²) in [6.45, 7) is -0.816. The highest BCUT2D eigenvalue weighted by Gasteiger charge is 2.31. The van der Waals surface area contributed by atoms with E-state index in [1.54, 1.807) is 31.2 Å². The summed E-state index contributed by atoms with van der Waals surface area (Å²) >= 11 is 0. The summed E-state index contributed by atoms with van der Waals surface area (Å²) in [6, 6.07) is 8.88. The van der Waals surface area contributed by atoms with Crippen LogP contribution in [0.25, 0.3) is 0 Å². The lowest BCUT2D eigenvalue weighted by Crippen LogP contribution is -2.29. The molecule has 0 aliphatic heterocycles. The average molecular weight is 462 g/mol. The predicted molar refractivity (Wildman–Crippen MR) is 120 cm³/mol. The summed E-state index contributed by atoms with van der Waals surface area (Å²) in [4.78, 5) is 30.0. The number of nitrogens with one attached hydrogen (secondary N) is 1. The van der Waals surface area contributed by atoms with Gasteiger partial charge in [-0.25, -0.2) is 4.98 Å². The minimum absolute atomic E-state index is 0.109.